The van der Waals surface area contributed by atoms with E-state index in [0.29, 0.717) is 0 Å². The van der Waals surface area contributed by atoms with Crippen molar-refractivity contribution in [2.45, 2.75) is 0 Å². The first-order valence-electron chi connectivity index (χ1n) is 13.3. The molecular formula is C31H14BF16N. The van der Waals surface area contributed by atoms with Crippen LogP contribution in [0.3, 0.4) is 0 Å². The van der Waals surface area contributed by atoms with E-state index in [-0.39, 0.29) is 0 Å². The molecular weight excluding hydrogens is 701 g/mol. The van der Waals surface area contributed by atoms with Crippen LogP contribution in [-0.4, -0.2) is 13.2 Å². The van der Waals surface area contributed by atoms with E-state index in [0.717, 1.165) is 0 Å². The largest absolute Gasteiger partial charge is 0.316 e. The molecule has 0 amide bonds. The predicted octanol–water partition coefficient (Wildman–Crippen LogP) is 5.80. The molecule has 0 saturated heterocycles. The third-order valence-corrected chi connectivity index (χ3v) is 7.46. The van der Waals surface area contributed by atoms with Crippen LogP contribution < -0.4 is 27.2 Å². The molecule has 5 aromatic rings. The van der Waals surface area contributed by atoms with Crippen LogP contribution in [0.5, 0.6) is 0 Å². The number of nitrogens with two attached hydrogens (primary N) is 1. The van der Waals surface area contributed by atoms with Crippen molar-refractivity contribution in [1.29, 1.82) is 0 Å². The van der Waals surface area contributed by atoms with Gasteiger partial charge in [0.25, 0.3) is 0 Å². The Kier molecular flexibility index (Phi) is 10.4. The fourth-order valence-electron chi connectivity index (χ4n) is 5.42. The van der Waals surface area contributed by atoms with E-state index in [1.807, 2.05) is 25.2 Å². The second-order valence-electron chi connectivity index (χ2n) is 10.1. The maximum absolute atomic E-state index is 15.3. The van der Waals surface area contributed by atoms with Crippen LogP contribution in [0.4, 0.5) is 75.9 Å². The van der Waals surface area contributed by atoms with E-state index < -0.39 is 145 Å². The maximum atomic E-state index is 15.3. The average molecular weight is 715 g/mol. The minimum absolute atomic E-state index is 0.731. The topological polar surface area (TPSA) is 16.6 Å². The number of halogens is 16. The second-order valence-corrected chi connectivity index (χ2v) is 10.1. The molecule has 0 atom stereocenters. The lowest BCUT2D eigenvalue weighted by atomic mass is 9.12. The van der Waals surface area contributed by atoms with Gasteiger partial charge in [0.15, 0.2) is 46.5 Å². The van der Waals surface area contributed by atoms with Gasteiger partial charge >= 0.3 is 0 Å². The summed E-state index contributed by atoms with van der Waals surface area (Å²) < 4.78 is 235. The lowest BCUT2D eigenvalue weighted by molar-refractivity contribution is -0.539. The summed E-state index contributed by atoms with van der Waals surface area (Å²) in [5, 5.41) is 2.08. The molecule has 0 aliphatic heterocycles. The van der Waals surface area contributed by atoms with E-state index in [1.165, 1.54) is 5.69 Å². The highest BCUT2D eigenvalue weighted by Crippen LogP contribution is 2.27. The fraction of sp³-hybridized carbons (Fsp3) is 0.0323. The van der Waals surface area contributed by atoms with Gasteiger partial charge in [0.1, 0.15) is 35.1 Å². The van der Waals surface area contributed by atoms with Gasteiger partial charge < -0.3 is 5.32 Å². The Bertz CT molecular complexity index is 1830. The first-order valence-corrected chi connectivity index (χ1v) is 13.3. The van der Waals surface area contributed by atoms with Crippen LogP contribution in [0.25, 0.3) is 0 Å². The van der Waals surface area contributed by atoms with Gasteiger partial charge in [-0.05, 0) is 12.1 Å². The van der Waals surface area contributed by atoms with Crippen LogP contribution in [0, 0.1) is 93.1 Å². The molecule has 18 heteroatoms. The molecule has 0 bridgehead atoms. The third kappa shape index (κ3) is 6.09. The number of para-hydroxylation sites is 1. The number of hydrogen-bond donors (Lipinski definition) is 1. The van der Waals surface area contributed by atoms with Crippen molar-refractivity contribution in [3.63, 3.8) is 0 Å². The molecule has 0 spiro atoms. The zero-order valence-electron chi connectivity index (χ0n) is 23.9. The van der Waals surface area contributed by atoms with Crippen molar-refractivity contribution < 1.29 is 75.6 Å². The summed E-state index contributed by atoms with van der Waals surface area (Å²) in [5.41, 5.74) is -9.66. The predicted molar refractivity (Wildman–Crippen MR) is 143 cm³/mol. The summed E-state index contributed by atoms with van der Waals surface area (Å²) in [6, 6.07) is 7.34. The van der Waals surface area contributed by atoms with Crippen LogP contribution in [0.15, 0.2) is 54.6 Å². The van der Waals surface area contributed by atoms with E-state index in [4.69, 9.17) is 0 Å². The third-order valence-electron chi connectivity index (χ3n) is 7.46. The lowest BCUT2D eigenvalue weighted by Crippen LogP contribution is -2.80. The van der Waals surface area contributed by atoms with E-state index in [9.17, 15) is 35.1 Å². The minimum atomic E-state index is -6.18. The molecule has 0 fully saturated rings. The zero-order chi connectivity index (χ0) is 36.7. The van der Waals surface area contributed by atoms with Gasteiger partial charge in [-0.25, -0.2) is 70.2 Å². The Hall–Kier alpha value is -5.00. The molecule has 0 aromatic heterocycles. The summed E-state index contributed by atoms with van der Waals surface area (Å²) in [5.74, 6) is -45.1. The zero-order valence-corrected chi connectivity index (χ0v) is 23.9. The van der Waals surface area contributed by atoms with Gasteiger partial charge in [0.2, 0.25) is 0 Å². The first-order chi connectivity index (χ1) is 22.9. The number of hydrogen-bond acceptors (Lipinski definition) is 0. The van der Waals surface area contributed by atoms with Crippen LogP contribution >= 0.6 is 0 Å². The first kappa shape index (κ1) is 36.8. The highest BCUT2D eigenvalue weighted by Gasteiger charge is 2.49. The van der Waals surface area contributed by atoms with E-state index in [2.05, 4.69) is 17.4 Å². The molecule has 0 radical (unpaired) electrons. The summed E-state index contributed by atoms with van der Waals surface area (Å²) >= 11 is 0. The molecule has 0 aliphatic carbocycles. The van der Waals surface area contributed by atoms with E-state index in [1.54, 1.807) is 0 Å². The summed E-state index contributed by atoms with van der Waals surface area (Å²) in [6.07, 6.45) is -6.18. The molecule has 0 aliphatic rings. The van der Waals surface area contributed by atoms with Crippen molar-refractivity contribution in [2.24, 2.45) is 0 Å². The molecule has 1 nitrogen and oxygen atoms in total. The number of rotatable bonds is 5. The van der Waals surface area contributed by atoms with Gasteiger partial charge in [0, 0.05) is 24.3 Å². The van der Waals surface area contributed by atoms with Crippen molar-refractivity contribution in [2.75, 3.05) is 7.05 Å². The quantitative estimate of drug-likeness (QED) is 0.0780. The Balaban J connectivity index is 0.000000592. The standard InChI is InChI=1S/C24H4BF16.C7H9N/c26-5-1-9(30)17(34)21(38)13(5)25(14-6(27)2-10(31)18(35)22(14)39,15-7(28)3-11(32)19(36)23(15)40)16-8(29)4-12(33)20(37)24(16)41;1-8-7-5-3-2-4-6-7/h1-4H;2-6,8H,1H3/q-1;/p+1. The highest BCUT2D eigenvalue weighted by molar-refractivity contribution is 7.20. The Morgan fingerprint density at radius 1 is 0.347 bits per heavy atom. The Morgan fingerprint density at radius 3 is 0.796 bits per heavy atom. The number of benzene rings is 5. The van der Waals surface area contributed by atoms with Crippen LogP contribution in [-0.2, 0) is 0 Å². The molecule has 2 N–H and O–H groups in total. The fourth-order valence-corrected chi connectivity index (χ4v) is 5.42. The lowest BCUT2D eigenvalue weighted by Gasteiger charge is -2.44. The highest BCUT2D eigenvalue weighted by atomic mass is 19.2. The van der Waals surface area contributed by atoms with Gasteiger partial charge in [-0.2, -0.15) is 0 Å². The summed E-state index contributed by atoms with van der Waals surface area (Å²) in [7, 11) is 2.04. The van der Waals surface area contributed by atoms with Gasteiger partial charge in [-0.1, -0.05) is 18.2 Å². The Labute approximate surface area is 264 Å². The molecule has 5 aromatic carbocycles. The van der Waals surface area contributed by atoms with Gasteiger partial charge in [-0.15, -0.1) is 21.9 Å². The van der Waals surface area contributed by atoms with Crippen molar-refractivity contribution in [3.8, 4) is 0 Å². The van der Waals surface area contributed by atoms with Crippen molar-refractivity contribution >= 4 is 33.7 Å². The van der Waals surface area contributed by atoms with Crippen molar-refractivity contribution in [1.82, 2.24) is 0 Å². The normalized spacial score (nSPS) is 11.4. The molecule has 0 saturated carbocycles. The summed E-state index contributed by atoms with van der Waals surface area (Å²) in [6.45, 7) is 0. The van der Waals surface area contributed by atoms with Gasteiger partial charge in [-0.3, -0.25) is 0 Å². The minimum Gasteiger partial charge on any atom is -0.316 e. The maximum Gasteiger partial charge on any atom is 0.191 e. The monoisotopic (exact) mass is 715 g/mol. The SMILES string of the molecule is C[NH2+]c1ccccc1.Fc1cc(F)c([B-](c2c(F)cc(F)c(F)c2F)(c2c(F)cc(F)c(F)c2F)c2c(F)cc(F)c(F)c2F)c(F)c1F. The average Bonchev–Trinajstić information content (AvgIpc) is 3.04. The van der Waals surface area contributed by atoms with Gasteiger partial charge in [0.05, 0.1) is 30.3 Å². The molecule has 258 valence electrons. The summed E-state index contributed by atoms with van der Waals surface area (Å²) in [4.78, 5) is 0. The Morgan fingerprint density at radius 2 is 0.592 bits per heavy atom. The molecule has 49 heavy (non-hydrogen) atoms. The second kappa shape index (κ2) is 13.9. The molecule has 5 rings (SSSR count). The molecule has 0 unspecified atom stereocenters. The van der Waals surface area contributed by atoms with Crippen LogP contribution in [0.2, 0.25) is 0 Å². The smallest absolute Gasteiger partial charge is 0.191 e. The number of quaternary nitrogens is 1. The van der Waals surface area contributed by atoms with E-state index >= 15 is 35.1 Å². The van der Waals surface area contributed by atoms with Crippen molar-refractivity contribution in [3.05, 3.63) is 148 Å². The van der Waals surface area contributed by atoms with Crippen LogP contribution in [0.1, 0.15) is 0 Å². The molecule has 0 heterocycles.